The average molecular weight is 341 g/mol. The quantitative estimate of drug-likeness (QED) is 0.840. The minimum absolute atomic E-state index is 0.185. The van der Waals surface area contributed by atoms with E-state index in [-0.39, 0.29) is 5.54 Å². The highest BCUT2D eigenvalue weighted by Gasteiger charge is 2.52. The standard InChI is InChI=1S/C20H23NO2S/c22-24(23,19-11-5-2-6-12-19)21-16-18(17-9-3-1-4-10-17)15-20(21)13-7-8-14-20/h1-6,9-12,18H,7-8,13-16H2. The molecule has 1 saturated carbocycles. The summed E-state index contributed by atoms with van der Waals surface area (Å²) in [6, 6.07) is 19.3. The molecule has 4 rings (SSSR count). The van der Waals surface area contributed by atoms with Crippen LogP contribution >= 0.6 is 0 Å². The molecule has 1 aliphatic carbocycles. The molecule has 0 amide bonds. The maximum atomic E-state index is 13.3. The van der Waals surface area contributed by atoms with E-state index in [2.05, 4.69) is 12.1 Å². The second kappa shape index (κ2) is 6.01. The van der Waals surface area contributed by atoms with Gasteiger partial charge in [-0.1, -0.05) is 61.4 Å². The third kappa shape index (κ3) is 2.58. The molecule has 0 aromatic heterocycles. The van der Waals surface area contributed by atoms with Gasteiger partial charge in [-0.2, -0.15) is 4.31 Å². The van der Waals surface area contributed by atoms with Crippen LogP contribution in [0, 0.1) is 0 Å². The van der Waals surface area contributed by atoms with Crippen molar-refractivity contribution in [2.75, 3.05) is 6.54 Å². The minimum atomic E-state index is -3.44. The summed E-state index contributed by atoms with van der Waals surface area (Å²) in [5.74, 6) is 0.294. The molecule has 1 aliphatic heterocycles. The molecule has 24 heavy (non-hydrogen) atoms. The third-order valence-corrected chi connectivity index (χ3v) is 7.66. The monoisotopic (exact) mass is 341 g/mol. The zero-order chi connectivity index (χ0) is 16.6. The van der Waals surface area contributed by atoms with Gasteiger partial charge in [-0.3, -0.25) is 0 Å². The van der Waals surface area contributed by atoms with E-state index in [0.717, 1.165) is 32.1 Å². The smallest absolute Gasteiger partial charge is 0.207 e. The molecule has 1 unspecified atom stereocenters. The molecule has 1 spiro atoms. The Kier molecular flexibility index (Phi) is 3.97. The second-order valence-electron chi connectivity index (χ2n) is 7.09. The Bertz CT molecular complexity index is 796. The van der Waals surface area contributed by atoms with Crippen molar-refractivity contribution in [3.63, 3.8) is 0 Å². The maximum Gasteiger partial charge on any atom is 0.243 e. The van der Waals surface area contributed by atoms with Crippen LogP contribution in [0.2, 0.25) is 0 Å². The van der Waals surface area contributed by atoms with Crippen LogP contribution in [0.4, 0.5) is 0 Å². The SMILES string of the molecule is O=S(=O)(c1ccccc1)N1CC(c2ccccc2)CC12CCCC2. The molecule has 4 heteroatoms. The minimum Gasteiger partial charge on any atom is -0.207 e. The molecule has 3 nitrogen and oxygen atoms in total. The van der Waals surface area contributed by atoms with Crippen molar-refractivity contribution < 1.29 is 8.42 Å². The summed E-state index contributed by atoms with van der Waals surface area (Å²) in [6.07, 6.45) is 5.18. The van der Waals surface area contributed by atoms with Gasteiger partial charge >= 0.3 is 0 Å². The van der Waals surface area contributed by atoms with Gasteiger partial charge in [0, 0.05) is 12.1 Å². The molecule has 0 N–H and O–H groups in total. The second-order valence-corrected chi connectivity index (χ2v) is 8.95. The van der Waals surface area contributed by atoms with Crippen LogP contribution in [-0.2, 0) is 10.0 Å². The van der Waals surface area contributed by atoms with Crippen LogP contribution in [0.3, 0.4) is 0 Å². The Balaban J connectivity index is 1.73. The average Bonchev–Trinajstić information content (AvgIpc) is 3.25. The molecule has 2 fully saturated rings. The molecule has 2 aromatic carbocycles. The van der Waals surface area contributed by atoms with Crippen molar-refractivity contribution in [1.82, 2.24) is 4.31 Å². The number of hydrogen-bond acceptors (Lipinski definition) is 2. The Morgan fingerprint density at radius 3 is 2.08 bits per heavy atom. The van der Waals surface area contributed by atoms with E-state index in [1.807, 2.05) is 28.6 Å². The fourth-order valence-electron chi connectivity index (χ4n) is 4.53. The van der Waals surface area contributed by atoms with Crippen LogP contribution in [0.15, 0.2) is 65.6 Å². The summed E-state index contributed by atoms with van der Waals surface area (Å²) in [4.78, 5) is 0.421. The predicted molar refractivity (Wildman–Crippen MR) is 95.3 cm³/mol. The number of rotatable bonds is 3. The highest BCUT2D eigenvalue weighted by molar-refractivity contribution is 7.89. The van der Waals surface area contributed by atoms with Gasteiger partial charge in [0.15, 0.2) is 0 Å². The van der Waals surface area contributed by atoms with Gasteiger partial charge in [-0.15, -0.1) is 0 Å². The van der Waals surface area contributed by atoms with Gasteiger partial charge in [-0.25, -0.2) is 8.42 Å². The van der Waals surface area contributed by atoms with Gasteiger partial charge in [-0.05, 0) is 42.9 Å². The third-order valence-electron chi connectivity index (χ3n) is 5.68. The molecule has 0 radical (unpaired) electrons. The van der Waals surface area contributed by atoms with E-state index in [4.69, 9.17) is 0 Å². The van der Waals surface area contributed by atoms with E-state index in [9.17, 15) is 8.42 Å². The van der Waals surface area contributed by atoms with Crippen LogP contribution in [-0.4, -0.2) is 24.8 Å². The normalized spacial score (nSPS) is 23.8. The van der Waals surface area contributed by atoms with Crippen molar-refractivity contribution in [3.05, 3.63) is 66.2 Å². The molecule has 126 valence electrons. The van der Waals surface area contributed by atoms with E-state index < -0.39 is 10.0 Å². The summed E-state index contributed by atoms with van der Waals surface area (Å²) >= 11 is 0. The molecule has 1 atom stereocenters. The van der Waals surface area contributed by atoms with Crippen LogP contribution in [0.1, 0.15) is 43.6 Å². The maximum absolute atomic E-state index is 13.3. The van der Waals surface area contributed by atoms with Gasteiger partial charge in [0.2, 0.25) is 10.0 Å². The van der Waals surface area contributed by atoms with Gasteiger partial charge in [0.25, 0.3) is 0 Å². The molecule has 0 bridgehead atoms. The highest BCUT2D eigenvalue weighted by atomic mass is 32.2. The summed E-state index contributed by atoms with van der Waals surface area (Å²) in [5, 5.41) is 0. The topological polar surface area (TPSA) is 37.4 Å². The van der Waals surface area contributed by atoms with Crippen molar-refractivity contribution in [3.8, 4) is 0 Å². The first-order valence-electron chi connectivity index (χ1n) is 8.75. The number of hydrogen-bond donors (Lipinski definition) is 0. The molecule has 1 heterocycles. The fourth-order valence-corrected chi connectivity index (χ4v) is 6.43. The molecule has 2 aliphatic rings. The van der Waals surface area contributed by atoms with Crippen molar-refractivity contribution in [2.45, 2.75) is 48.5 Å². The first-order valence-corrected chi connectivity index (χ1v) is 10.2. The Morgan fingerprint density at radius 1 is 0.875 bits per heavy atom. The first kappa shape index (κ1) is 15.9. The fraction of sp³-hybridized carbons (Fsp3) is 0.400. The lowest BCUT2D eigenvalue weighted by Crippen LogP contribution is -2.45. The largest absolute Gasteiger partial charge is 0.243 e. The number of sulfonamides is 1. The van der Waals surface area contributed by atoms with Gasteiger partial charge in [0.1, 0.15) is 0 Å². The molecular weight excluding hydrogens is 318 g/mol. The zero-order valence-corrected chi connectivity index (χ0v) is 14.6. The summed E-state index contributed by atoms with van der Waals surface area (Å²) in [6.45, 7) is 0.598. The van der Waals surface area contributed by atoms with E-state index in [0.29, 0.717) is 17.4 Å². The van der Waals surface area contributed by atoms with Crippen molar-refractivity contribution >= 4 is 10.0 Å². The summed E-state index contributed by atoms with van der Waals surface area (Å²) < 4.78 is 28.4. The van der Waals surface area contributed by atoms with E-state index in [1.165, 1.54) is 5.56 Å². The molecular formula is C20H23NO2S. The van der Waals surface area contributed by atoms with Crippen LogP contribution < -0.4 is 0 Å². The Labute approximate surface area is 144 Å². The predicted octanol–water partition coefficient (Wildman–Crippen LogP) is 4.18. The molecule has 1 saturated heterocycles. The number of nitrogens with zero attached hydrogens (tertiary/aromatic N) is 1. The van der Waals surface area contributed by atoms with Crippen LogP contribution in [0.25, 0.3) is 0 Å². The summed E-state index contributed by atoms with van der Waals surface area (Å²) in [7, 11) is -3.44. The summed E-state index contributed by atoms with van der Waals surface area (Å²) in [5.41, 5.74) is 1.07. The lowest BCUT2D eigenvalue weighted by atomic mass is 9.88. The Hall–Kier alpha value is -1.65. The van der Waals surface area contributed by atoms with Crippen molar-refractivity contribution in [1.29, 1.82) is 0 Å². The van der Waals surface area contributed by atoms with Gasteiger partial charge < -0.3 is 0 Å². The van der Waals surface area contributed by atoms with Gasteiger partial charge in [0.05, 0.1) is 4.90 Å². The lowest BCUT2D eigenvalue weighted by Gasteiger charge is -2.33. The zero-order valence-electron chi connectivity index (χ0n) is 13.8. The number of benzene rings is 2. The lowest BCUT2D eigenvalue weighted by molar-refractivity contribution is 0.247. The van der Waals surface area contributed by atoms with Crippen LogP contribution in [0.5, 0.6) is 0 Å². The van der Waals surface area contributed by atoms with E-state index >= 15 is 0 Å². The van der Waals surface area contributed by atoms with E-state index in [1.54, 1.807) is 24.3 Å². The highest BCUT2D eigenvalue weighted by Crippen LogP contribution is 2.50. The Morgan fingerprint density at radius 2 is 1.46 bits per heavy atom. The van der Waals surface area contributed by atoms with Crippen molar-refractivity contribution in [2.24, 2.45) is 0 Å². The molecule has 2 aromatic rings. The first-order chi connectivity index (χ1) is 11.6.